The van der Waals surface area contributed by atoms with Crippen molar-refractivity contribution in [3.8, 4) is 11.5 Å². The van der Waals surface area contributed by atoms with Crippen molar-refractivity contribution in [3.05, 3.63) is 51.8 Å². The molecule has 0 heterocycles. The van der Waals surface area contributed by atoms with Gasteiger partial charge in [0.25, 0.3) is 0 Å². The maximum Gasteiger partial charge on any atom is 0.165 e. The Morgan fingerprint density at radius 1 is 1.20 bits per heavy atom. The van der Waals surface area contributed by atoms with Crippen molar-refractivity contribution >= 4 is 28.9 Å². The lowest BCUT2D eigenvalue weighted by Crippen LogP contribution is -2.00. The zero-order chi connectivity index (χ0) is 14.7. The monoisotopic (exact) mass is 315 g/mol. The van der Waals surface area contributed by atoms with E-state index in [0.717, 1.165) is 5.56 Å². The van der Waals surface area contributed by atoms with Crippen LogP contribution in [0.2, 0.25) is 10.0 Å². The van der Waals surface area contributed by atoms with E-state index in [1.54, 1.807) is 24.3 Å². The van der Waals surface area contributed by atoms with Crippen LogP contribution in [-0.4, -0.2) is 12.2 Å². The number of phenols is 1. The van der Waals surface area contributed by atoms with E-state index in [1.165, 1.54) is 13.2 Å². The van der Waals surface area contributed by atoms with Crippen molar-refractivity contribution < 1.29 is 14.2 Å². The van der Waals surface area contributed by atoms with Crippen LogP contribution in [0, 0.1) is 5.82 Å². The molecule has 0 saturated heterocycles. The summed E-state index contributed by atoms with van der Waals surface area (Å²) in [5.41, 5.74) is 1.37. The van der Waals surface area contributed by atoms with Crippen LogP contribution < -0.4 is 10.1 Å². The van der Waals surface area contributed by atoms with Crippen molar-refractivity contribution in [1.82, 2.24) is 0 Å². The summed E-state index contributed by atoms with van der Waals surface area (Å²) in [4.78, 5) is 0. The molecule has 0 aliphatic heterocycles. The van der Waals surface area contributed by atoms with Crippen LogP contribution in [0.25, 0.3) is 0 Å². The van der Waals surface area contributed by atoms with Gasteiger partial charge in [-0.15, -0.1) is 0 Å². The van der Waals surface area contributed by atoms with E-state index in [4.69, 9.17) is 27.9 Å². The molecule has 2 N–H and O–H groups in total. The first-order valence-electron chi connectivity index (χ1n) is 5.75. The third kappa shape index (κ3) is 3.26. The van der Waals surface area contributed by atoms with E-state index in [0.29, 0.717) is 12.2 Å². The molecule has 6 heteroatoms. The highest BCUT2D eigenvalue weighted by molar-refractivity contribution is 6.37. The number of nitrogens with one attached hydrogen (secondary N) is 1. The summed E-state index contributed by atoms with van der Waals surface area (Å²) in [6.45, 7) is 0.387. The molecule has 2 aromatic carbocycles. The lowest BCUT2D eigenvalue weighted by Gasteiger charge is -2.10. The molecule has 106 valence electrons. The fourth-order valence-electron chi connectivity index (χ4n) is 1.69. The number of rotatable bonds is 4. The van der Waals surface area contributed by atoms with Crippen LogP contribution in [0.1, 0.15) is 5.56 Å². The molecule has 3 nitrogen and oxygen atoms in total. The molecule has 0 aliphatic rings. The molecular formula is C14H12Cl2FNO2. The van der Waals surface area contributed by atoms with E-state index < -0.39 is 5.82 Å². The van der Waals surface area contributed by atoms with Gasteiger partial charge in [-0.25, -0.2) is 4.39 Å². The number of phenolic OH excluding ortho intramolecular Hbond substituents is 1. The van der Waals surface area contributed by atoms with E-state index in [1.807, 2.05) is 0 Å². The Balaban J connectivity index is 2.11. The number of hydrogen-bond acceptors (Lipinski definition) is 3. The summed E-state index contributed by atoms with van der Waals surface area (Å²) >= 11 is 11.6. The summed E-state index contributed by atoms with van der Waals surface area (Å²) in [6, 6.07) is 7.78. The van der Waals surface area contributed by atoms with Gasteiger partial charge in [-0.1, -0.05) is 29.3 Å². The second kappa shape index (κ2) is 6.20. The van der Waals surface area contributed by atoms with Crippen LogP contribution >= 0.6 is 23.2 Å². The molecule has 0 atom stereocenters. The summed E-state index contributed by atoms with van der Waals surface area (Å²) in [7, 11) is 1.41. The third-order valence-electron chi connectivity index (χ3n) is 2.73. The van der Waals surface area contributed by atoms with E-state index in [2.05, 4.69) is 5.32 Å². The SMILES string of the molecule is COc1ccc(CNc2cc(Cl)c(O)c(Cl)c2)cc1F. The minimum absolute atomic E-state index is 0.154. The maximum absolute atomic E-state index is 13.5. The number of methoxy groups -OCH3 is 1. The van der Waals surface area contributed by atoms with Crippen molar-refractivity contribution in [1.29, 1.82) is 0 Å². The van der Waals surface area contributed by atoms with Gasteiger partial charge < -0.3 is 15.2 Å². The van der Waals surface area contributed by atoms with Crippen molar-refractivity contribution in [2.24, 2.45) is 0 Å². The van der Waals surface area contributed by atoms with E-state index in [9.17, 15) is 9.50 Å². The smallest absolute Gasteiger partial charge is 0.165 e. The summed E-state index contributed by atoms with van der Waals surface area (Å²) in [5.74, 6) is -0.382. The number of aromatic hydroxyl groups is 1. The topological polar surface area (TPSA) is 41.5 Å². The quantitative estimate of drug-likeness (QED) is 0.818. The fourth-order valence-corrected chi connectivity index (χ4v) is 2.18. The minimum Gasteiger partial charge on any atom is -0.505 e. The van der Waals surface area contributed by atoms with Crippen LogP contribution in [0.15, 0.2) is 30.3 Å². The van der Waals surface area contributed by atoms with E-state index >= 15 is 0 Å². The Kier molecular flexibility index (Phi) is 4.57. The fraction of sp³-hybridized carbons (Fsp3) is 0.143. The number of anilines is 1. The number of halogens is 3. The van der Waals surface area contributed by atoms with Gasteiger partial charge in [0, 0.05) is 12.2 Å². The highest BCUT2D eigenvalue weighted by atomic mass is 35.5. The Hall–Kier alpha value is -1.65. The average Bonchev–Trinajstić information content (AvgIpc) is 2.42. The minimum atomic E-state index is -0.423. The van der Waals surface area contributed by atoms with E-state index in [-0.39, 0.29) is 21.5 Å². The zero-order valence-corrected chi connectivity index (χ0v) is 12.1. The van der Waals surface area contributed by atoms with Gasteiger partial charge in [0.15, 0.2) is 17.3 Å². The Bertz CT molecular complexity index is 612. The summed E-state index contributed by atoms with van der Waals surface area (Å²) < 4.78 is 18.4. The summed E-state index contributed by atoms with van der Waals surface area (Å²) in [5, 5.41) is 12.8. The van der Waals surface area contributed by atoms with Crippen LogP contribution in [0.4, 0.5) is 10.1 Å². The molecular weight excluding hydrogens is 304 g/mol. The first-order valence-corrected chi connectivity index (χ1v) is 6.51. The van der Waals surface area contributed by atoms with Gasteiger partial charge in [-0.05, 0) is 29.8 Å². The number of benzene rings is 2. The van der Waals surface area contributed by atoms with Crippen molar-refractivity contribution in [3.63, 3.8) is 0 Å². The van der Waals surface area contributed by atoms with Crippen LogP contribution in [0.3, 0.4) is 0 Å². The molecule has 0 unspecified atom stereocenters. The van der Waals surface area contributed by atoms with Gasteiger partial charge >= 0.3 is 0 Å². The predicted molar refractivity (Wildman–Crippen MR) is 78.4 cm³/mol. The largest absolute Gasteiger partial charge is 0.505 e. The predicted octanol–water partition coefficient (Wildman–Crippen LogP) is 4.46. The zero-order valence-electron chi connectivity index (χ0n) is 10.6. The van der Waals surface area contributed by atoms with Crippen molar-refractivity contribution in [2.75, 3.05) is 12.4 Å². The highest BCUT2D eigenvalue weighted by Gasteiger charge is 2.07. The second-order valence-corrected chi connectivity index (χ2v) is 4.93. The highest BCUT2D eigenvalue weighted by Crippen LogP contribution is 2.34. The first-order chi connectivity index (χ1) is 9.51. The van der Waals surface area contributed by atoms with Gasteiger partial charge in [0.05, 0.1) is 17.2 Å². The Morgan fingerprint density at radius 3 is 2.40 bits per heavy atom. The van der Waals surface area contributed by atoms with Crippen LogP contribution in [0.5, 0.6) is 11.5 Å². The standard InChI is InChI=1S/C14H12Cl2FNO2/c1-20-13-3-2-8(4-12(13)17)7-18-9-5-10(15)14(19)11(16)6-9/h2-6,18-19H,7H2,1H3. The maximum atomic E-state index is 13.5. The number of hydrogen-bond donors (Lipinski definition) is 2. The Morgan fingerprint density at radius 2 is 1.85 bits per heavy atom. The first kappa shape index (κ1) is 14.8. The molecule has 0 aliphatic carbocycles. The Labute approximate surface area is 125 Å². The molecule has 2 aromatic rings. The van der Waals surface area contributed by atoms with Gasteiger partial charge in [-0.2, -0.15) is 0 Å². The van der Waals surface area contributed by atoms with Gasteiger partial charge in [-0.3, -0.25) is 0 Å². The normalized spacial score (nSPS) is 10.4. The molecule has 0 aromatic heterocycles. The molecule has 0 amide bonds. The molecule has 0 bridgehead atoms. The molecule has 0 spiro atoms. The van der Waals surface area contributed by atoms with Gasteiger partial charge in [0.1, 0.15) is 0 Å². The molecule has 20 heavy (non-hydrogen) atoms. The average molecular weight is 316 g/mol. The second-order valence-electron chi connectivity index (χ2n) is 4.11. The molecule has 0 radical (unpaired) electrons. The van der Waals surface area contributed by atoms with Crippen LogP contribution in [-0.2, 0) is 6.54 Å². The lowest BCUT2D eigenvalue weighted by molar-refractivity contribution is 0.386. The van der Waals surface area contributed by atoms with Crippen molar-refractivity contribution in [2.45, 2.75) is 6.54 Å². The summed E-state index contributed by atoms with van der Waals surface area (Å²) in [6.07, 6.45) is 0. The van der Waals surface area contributed by atoms with Gasteiger partial charge in [0.2, 0.25) is 0 Å². The molecule has 2 rings (SSSR count). The molecule has 0 saturated carbocycles. The lowest BCUT2D eigenvalue weighted by atomic mass is 10.2. The molecule has 0 fully saturated rings. The number of ether oxygens (including phenoxy) is 1. The third-order valence-corrected chi connectivity index (χ3v) is 3.31.